The lowest BCUT2D eigenvalue weighted by Gasteiger charge is -2.17. The van der Waals surface area contributed by atoms with Gasteiger partial charge in [-0.2, -0.15) is 0 Å². The van der Waals surface area contributed by atoms with Crippen LogP contribution in [0.25, 0.3) is 0 Å². The molecule has 0 unspecified atom stereocenters. The van der Waals surface area contributed by atoms with Gasteiger partial charge < -0.3 is 15.5 Å². The maximum atomic E-state index is 12.4. The van der Waals surface area contributed by atoms with Crippen molar-refractivity contribution >= 4 is 39.3 Å². The van der Waals surface area contributed by atoms with Crippen molar-refractivity contribution in [2.75, 3.05) is 18.9 Å². The lowest BCUT2D eigenvalue weighted by molar-refractivity contribution is -0.119. The first kappa shape index (κ1) is 19.7. The molecule has 0 atom stereocenters. The molecule has 0 saturated carbocycles. The van der Waals surface area contributed by atoms with Crippen molar-refractivity contribution in [3.05, 3.63) is 64.1 Å². The van der Waals surface area contributed by atoms with Gasteiger partial charge in [-0.25, -0.2) is 0 Å². The number of carbonyl (C=O) groups is 3. The molecule has 0 aromatic heterocycles. The van der Waals surface area contributed by atoms with Crippen LogP contribution in [0.1, 0.15) is 22.8 Å². The van der Waals surface area contributed by atoms with Gasteiger partial charge in [-0.1, -0.05) is 24.3 Å². The molecule has 0 aliphatic heterocycles. The van der Waals surface area contributed by atoms with E-state index in [-0.39, 0.29) is 24.3 Å². The van der Waals surface area contributed by atoms with Gasteiger partial charge in [0, 0.05) is 30.6 Å². The van der Waals surface area contributed by atoms with E-state index in [0.29, 0.717) is 17.8 Å². The highest BCUT2D eigenvalue weighted by Gasteiger charge is 2.15. The third kappa shape index (κ3) is 5.70. The van der Waals surface area contributed by atoms with Gasteiger partial charge in [-0.05, 0) is 45.8 Å². The molecule has 6 nitrogen and oxygen atoms in total. The largest absolute Gasteiger partial charge is 0.352 e. The fourth-order valence-corrected chi connectivity index (χ4v) is 2.64. The number of halogens is 1. The molecule has 2 aromatic carbocycles. The Bertz CT molecular complexity index is 806. The van der Waals surface area contributed by atoms with Crippen molar-refractivity contribution in [1.82, 2.24) is 10.2 Å². The maximum Gasteiger partial charge on any atom is 0.254 e. The number of rotatable bonds is 6. The number of nitrogens with zero attached hydrogens (tertiary/aromatic N) is 1. The predicted molar refractivity (Wildman–Crippen MR) is 104 cm³/mol. The molecule has 0 heterocycles. The smallest absolute Gasteiger partial charge is 0.254 e. The number of amides is 3. The van der Waals surface area contributed by atoms with Crippen LogP contribution in [0.3, 0.4) is 0 Å². The summed E-state index contributed by atoms with van der Waals surface area (Å²) in [5.74, 6) is -0.644. The van der Waals surface area contributed by atoms with E-state index in [1.165, 1.54) is 11.8 Å². The van der Waals surface area contributed by atoms with Crippen LogP contribution in [0, 0.1) is 0 Å². The van der Waals surface area contributed by atoms with E-state index in [4.69, 9.17) is 0 Å². The Morgan fingerprint density at radius 3 is 2.31 bits per heavy atom. The number of hydrogen-bond acceptors (Lipinski definition) is 3. The SMILES string of the molecule is CC(=O)NCc1ccc(C(=O)N(C)CC(=O)Nc2ccccc2Br)cc1. The van der Waals surface area contributed by atoms with Crippen LogP contribution in [-0.2, 0) is 16.1 Å². The van der Waals surface area contributed by atoms with E-state index in [0.717, 1.165) is 10.0 Å². The average Bonchev–Trinajstić information content (AvgIpc) is 2.61. The zero-order valence-corrected chi connectivity index (χ0v) is 16.2. The number of carbonyl (C=O) groups excluding carboxylic acids is 3. The Morgan fingerprint density at radius 1 is 1.04 bits per heavy atom. The summed E-state index contributed by atoms with van der Waals surface area (Å²) in [6.07, 6.45) is 0. The Kier molecular flexibility index (Phi) is 6.91. The third-order valence-electron chi connectivity index (χ3n) is 3.62. The zero-order chi connectivity index (χ0) is 19.1. The van der Waals surface area contributed by atoms with Gasteiger partial charge in [0.1, 0.15) is 0 Å². The molecule has 0 fully saturated rings. The van der Waals surface area contributed by atoms with Gasteiger partial charge in [0.15, 0.2) is 0 Å². The van der Waals surface area contributed by atoms with E-state index in [1.54, 1.807) is 37.4 Å². The minimum absolute atomic E-state index is 0.0617. The second kappa shape index (κ2) is 9.15. The highest BCUT2D eigenvalue weighted by molar-refractivity contribution is 9.10. The highest BCUT2D eigenvalue weighted by atomic mass is 79.9. The molecule has 3 amide bonds. The van der Waals surface area contributed by atoms with Crippen LogP contribution >= 0.6 is 15.9 Å². The molecule has 7 heteroatoms. The monoisotopic (exact) mass is 417 g/mol. The summed E-state index contributed by atoms with van der Waals surface area (Å²) < 4.78 is 0.775. The fourth-order valence-electron chi connectivity index (χ4n) is 2.25. The van der Waals surface area contributed by atoms with E-state index in [2.05, 4.69) is 26.6 Å². The van der Waals surface area contributed by atoms with Crippen LogP contribution in [0.2, 0.25) is 0 Å². The van der Waals surface area contributed by atoms with Gasteiger partial charge in [0.05, 0.1) is 12.2 Å². The Labute approximate surface area is 160 Å². The molecule has 26 heavy (non-hydrogen) atoms. The van der Waals surface area contributed by atoms with Gasteiger partial charge in [-0.15, -0.1) is 0 Å². The summed E-state index contributed by atoms with van der Waals surface area (Å²) in [6.45, 7) is 1.80. The zero-order valence-electron chi connectivity index (χ0n) is 14.6. The first-order chi connectivity index (χ1) is 12.4. The molecular weight excluding hydrogens is 398 g/mol. The van der Waals surface area contributed by atoms with Gasteiger partial charge in [-0.3, -0.25) is 14.4 Å². The molecule has 0 aliphatic carbocycles. The number of likely N-dealkylation sites (N-methyl/N-ethyl adjacent to an activating group) is 1. The molecule has 2 N–H and O–H groups in total. The number of anilines is 1. The van der Waals surface area contributed by atoms with Gasteiger partial charge in [0.2, 0.25) is 11.8 Å². The van der Waals surface area contributed by atoms with Crippen molar-refractivity contribution in [3.63, 3.8) is 0 Å². The molecule has 0 bridgehead atoms. The van der Waals surface area contributed by atoms with E-state index >= 15 is 0 Å². The Morgan fingerprint density at radius 2 is 1.69 bits per heavy atom. The van der Waals surface area contributed by atoms with Crippen LogP contribution in [-0.4, -0.2) is 36.2 Å². The standard InChI is InChI=1S/C19H20BrN3O3/c1-13(24)21-11-14-7-9-15(10-8-14)19(26)23(2)12-18(25)22-17-6-4-3-5-16(17)20/h3-10H,11-12H2,1-2H3,(H,21,24)(H,22,25). The molecule has 136 valence electrons. The summed E-state index contributed by atoms with van der Waals surface area (Å²) in [6, 6.07) is 14.2. The minimum Gasteiger partial charge on any atom is -0.352 e. The van der Waals surface area contributed by atoms with E-state index in [1.807, 2.05) is 18.2 Å². The fraction of sp³-hybridized carbons (Fsp3) is 0.211. The van der Waals surface area contributed by atoms with Crippen molar-refractivity contribution in [2.24, 2.45) is 0 Å². The summed E-state index contributed by atoms with van der Waals surface area (Å²) >= 11 is 3.36. The molecule has 0 saturated heterocycles. The lowest BCUT2D eigenvalue weighted by Crippen LogP contribution is -2.35. The minimum atomic E-state index is -0.282. The summed E-state index contributed by atoms with van der Waals surface area (Å²) in [4.78, 5) is 36.9. The third-order valence-corrected chi connectivity index (χ3v) is 4.31. The number of nitrogens with one attached hydrogen (secondary N) is 2. The first-order valence-electron chi connectivity index (χ1n) is 8.00. The Balaban J connectivity index is 1.93. The van der Waals surface area contributed by atoms with E-state index < -0.39 is 0 Å². The lowest BCUT2D eigenvalue weighted by atomic mass is 10.1. The molecule has 0 aliphatic rings. The second-order valence-electron chi connectivity index (χ2n) is 5.80. The summed E-state index contributed by atoms with van der Waals surface area (Å²) in [7, 11) is 1.58. The van der Waals surface area contributed by atoms with Crippen molar-refractivity contribution in [1.29, 1.82) is 0 Å². The quantitative estimate of drug-likeness (QED) is 0.758. The number of benzene rings is 2. The summed E-state index contributed by atoms with van der Waals surface area (Å²) in [5.41, 5.74) is 2.03. The topological polar surface area (TPSA) is 78.5 Å². The van der Waals surface area contributed by atoms with Crippen LogP contribution in [0.5, 0.6) is 0 Å². The van der Waals surface area contributed by atoms with E-state index in [9.17, 15) is 14.4 Å². The van der Waals surface area contributed by atoms with Crippen LogP contribution < -0.4 is 10.6 Å². The molecule has 0 spiro atoms. The summed E-state index contributed by atoms with van der Waals surface area (Å²) in [5, 5.41) is 5.46. The molecule has 0 radical (unpaired) electrons. The first-order valence-corrected chi connectivity index (χ1v) is 8.79. The maximum absolute atomic E-state index is 12.4. The van der Waals surface area contributed by atoms with Crippen LogP contribution in [0.4, 0.5) is 5.69 Å². The Hall–Kier alpha value is -2.67. The van der Waals surface area contributed by atoms with Crippen molar-refractivity contribution in [3.8, 4) is 0 Å². The highest BCUT2D eigenvalue weighted by Crippen LogP contribution is 2.21. The molecule has 2 aromatic rings. The van der Waals surface area contributed by atoms with Crippen molar-refractivity contribution < 1.29 is 14.4 Å². The van der Waals surface area contributed by atoms with Gasteiger partial charge >= 0.3 is 0 Å². The van der Waals surface area contributed by atoms with Gasteiger partial charge in [0.25, 0.3) is 5.91 Å². The number of para-hydroxylation sites is 1. The predicted octanol–water partition coefficient (Wildman–Crippen LogP) is 2.80. The number of hydrogen-bond donors (Lipinski definition) is 2. The normalized spacial score (nSPS) is 10.1. The van der Waals surface area contributed by atoms with Crippen molar-refractivity contribution in [2.45, 2.75) is 13.5 Å². The van der Waals surface area contributed by atoms with Crippen LogP contribution in [0.15, 0.2) is 53.0 Å². The molecule has 2 rings (SSSR count). The average molecular weight is 418 g/mol. The second-order valence-corrected chi connectivity index (χ2v) is 6.65. The molecular formula is C19H20BrN3O3.